The Hall–Kier alpha value is -2.80. The SMILES string of the molecule is O=C(Nc1ccc(F)cc1)c1cc(Nc2ccc(Br)cc2)ncn1. The molecule has 0 spiro atoms. The van der Waals surface area contributed by atoms with Crippen LogP contribution in [0.25, 0.3) is 0 Å². The minimum Gasteiger partial charge on any atom is -0.340 e. The van der Waals surface area contributed by atoms with E-state index >= 15 is 0 Å². The predicted octanol–water partition coefficient (Wildman–Crippen LogP) is 4.37. The van der Waals surface area contributed by atoms with Crippen molar-refractivity contribution >= 4 is 39.0 Å². The van der Waals surface area contributed by atoms with Crippen LogP contribution in [0, 0.1) is 5.82 Å². The molecule has 1 heterocycles. The molecule has 1 amide bonds. The highest BCUT2D eigenvalue weighted by molar-refractivity contribution is 9.10. The molecule has 0 saturated carbocycles. The first-order valence-corrected chi connectivity index (χ1v) is 7.81. The lowest BCUT2D eigenvalue weighted by molar-refractivity contribution is 0.102. The second-order valence-electron chi connectivity index (χ2n) is 4.88. The molecule has 24 heavy (non-hydrogen) atoms. The van der Waals surface area contributed by atoms with Crippen LogP contribution < -0.4 is 10.6 Å². The summed E-state index contributed by atoms with van der Waals surface area (Å²) in [6.07, 6.45) is 1.31. The van der Waals surface area contributed by atoms with Gasteiger partial charge in [0.2, 0.25) is 0 Å². The smallest absolute Gasteiger partial charge is 0.274 e. The van der Waals surface area contributed by atoms with Gasteiger partial charge in [0.05, 0.1) is 0 Å². The maximum atomic E-state index is 12.9. The van der Waals surface area contributed by atoms with Crippen LogP contribution in [-0.2, 0) is 0 Å². The number of hydrogen-bond donors (Lipinski definition) is 2. The molecule has 0 radical (unpaired) electrons. The van der Waals surface area contributed by atoms with Gasteiger partial charge in [-0.05, 0) is 48.5 Å². The van der Waals surface area contributed by atoms with Crippen LogP contribution in [-0.4, -0.2) is 15.9 Å². The van der Waals surface area contributed by atoms with Gasteiger partial charge in [-0.3, -0.25) is 4.79 Å². The molecule has 3 aromatic rings. The summed E-state index contributed by atoms with van der Waals surface area (Å²) < 4.78 is 13.9. The highest BCUT2D eigenvalue weighted by Crippen LogP contribution is 2.18. The van der Waals surface area contributed by atoms with Crippen molar-refractivity contribution < 1.29 is 9.18 Å². The summed E-state index contributed by atoms with van der Waals surface area (Å²) in [5.41, 5.74) is 1.53. The van der Waals surface area contributed by atoms with Crippen molar-refractivity contribution in [2.45, 2.75) is 0 Å². The van der Waals surface area contributed by atoms with Gasteiger partial charge in [0.15, 0.2) is 0 Å². The molecule has 1 aromatic heterocycles. The van der Waals surface area contributed by atoms with E-state index in [9.17, 15) is 9.18 Å². The summed E-state index contributed by atoms with van der Waals surface area (Å²) >= 11 is 3.37. The quantitative estimate of drug-likeness (QED) is 0.698. The van der Waals surface area contributed by atoms with Gasteiger partial charge in [0.25, 0.3) is 5.91 Å². The molecule has 0 bridgehead atoms. The van der Waals surface area contributed by atoms with E-state index in [1.807, 2.05) is 24.3 Å². The number of nitrogens with zero attached hydrogens (tertiary/aromatic N) is 2. The number of carbonyl (C=O) groups excluding carboxylic acids is 1. The van der Waals surface area contributed by atoms with Crippen LogP contribution in [0.4, 0.5) is 21.6 Å². The summed E-state index contributed by atoms with van der Waals surface area (Å²) in [4.78, 5) is 20.3. The number of nitrogens with one attached hydrogen (secondary N) is 2. The van der Waals surface area contributed by atoms with Gasteiger partial charge in [0.1, 0.15) is 23.7 Å². The molecule has 2 aromatic carbocycles. The molecule has 0 aliphatic rings. The lowest BCUT2D eigenvalue weighted by Crippen LogP contribution is -2.14. The standard InChI is InChI=1S/C17H12BrFN4O/c18-11-1-5-13(6-2-11)22-16-9-15(20-10-21-16)17(24)23-14-7-3-12(19)4-8-14/h1-10H,(H,23,24)(H,20,21,22). The Morgan fingerprint density at radius 2 is 1.62 bits per heavy atom. The van der Waals surface area contributed by atoms with E-state index in [1.54, 1.807) is 6.07 Å². The second-order valence-corrected chi connectivity index (χ2v) is 5.80. The largest absolute Gasteiger partial charge is 0.340 e. The Bertz CT molecular complexity index is 853. The highest BCUT2D eigenvalue weighted by Gasteiger charge is 2.09. The zero-order chi connectivity index (χ0) is 16.9. The van der Waals surface area contributed by atoms with E-state index in [4.69, 9.17) is 0 Å². The summed E-state index contributed by atoms with van der Waals surface area (Å²) in [6.45, 7) is 0. The van der Waals surface area contributed by atoms with Gasteiger partial charge in [-0.2, -0.15) is 0 Å². The van der Waals surface area contributed by atoms with Crippen LogP contribution in [0.2, 0.25) is 0 Å². The van der Waals surface area contributed by atoms with Crippen LogP contribution in [0.5, 0.6) is 0 Å². The van der Waals surface area contributed by atoms with E-state index in [0.29, 0.717) is 11.5 Å². The molecule has 0 aliphatic carbocycles. The molecule has 5 nitrogen and oxygen atoms in total. The van der Waals surface area contributed by atoms with Crippen molar-refractivity contribution in [2.24, 2.45) is 0 Å². The number of hydrogen-bond acceptors (Lipinski definition) is 4. The first-order valence-electron chi connectivity index (χ1n) is 7.02. The van der Waals surface area contributed by atoms with E-state index in [-0.39, 0.29) is 11.5 Å². The number of anilines is 3. The van der Waals surface area contributed by atoms with E-state index < -0.39 is 5.91 Å². The Morgan fingerprint density at radius 1 is 0.958 bits per heavy atom. The zero-order valence-corrected chi connectivity index (χ0v) is 13.9. The van der Waals surface area contributed by atoms with Gasteiger partial charge in [-0.15, -0.1) is 0 Å². The maximum Gasteiger partial charge on any atom is 0.274 e. The first kappa shape index (κ1) is 16.1. The Balaban J connectivity index is 1.73. The third-order valence-electron chi connectivity index (χ3n) is 3.12. The van der Waals surface area contributed by atoms with E-state index in [2.05, 4.69) is 36.5 Å². The molecule has 2 N–H and O–H groups in total. The number of rotatable bonds is 4. The molecule has 0 atom stereocenters. The van der Waals surface area contributed by atoms with Gasteiger partial charge >= 0.3 is 0 Å². The fourth-order valence-corrected chi connectivity index (χ4v) is 2.22. The molecule has 120 valence electrons. The molecular formula is C17H12BrFN4O. The van der Waals surface area contributed by atoms with Crippen LogP contribution in [0.15, 0.2) is 65.4 Å². The fraction of sp³-hybridized carbons (Fsp3) is 0. The Kier molecular flexibility index (Phi) is 4.81. The van der Waals surface area contributed by atoms with Gasteiger partial charge in [0, 0.05) is 21.9 Å². The summed E-state index contributed by atoms with van der Waals surface area (Å²) in [5.74, 6) is -0.268. The predicted molar refractivity (Wildman–Crippen MR) is 93.8 cm³/mol. The maximum absolute atomic E-state index is 12.9. The lowest BCUT2D eigenvalue weighted by atomic mass is 10.3. The molecule has 3 rings (SSSR count). The molecule has 0 unspecified atom stereocenters. The average Bonchev–Trinajstić information content (AvgIpc) is 2.59. The van der Waals surface area contributed by atoms with Crippen molar-refractivity contribution in [2.75, 3.05) is 10.6 Å². The van der Waals surface area contributed by atoms with Crippen LogP contribution in [0.3, 0.4) is 0 Å². The van der Waals surface area contributed by atoms with E-state index in [1.165, 1.54) is 30.6 Å². The third-order valence-corrected chi connectivity index (χ3v) is 3.65. The van der Waals surface area contributed by atoms with Crippen molar-refractivity contribution in [3.63, 3.8) is 0 Å². The molecule has 0 aliphatic heterocycles. The van der Waals surface area contributed by atoms with Gasteiger partial charge < -0.3 is 10.6 Å². The minimum absolute atomic E-state index is 0.203. The van der Waals surface area contributed by atoms with Crippen LogP contribution >= 0.6 is 15.9 Å². The number of aromatic nitrogens is 2. The normalized spacial score (nSPS) is 10.2. The van der Waals surface area contributed by atoms with Crippen LogP contribution in [0.1, 0.15) is 10.5 Å². The van der Waals surface area contributed by atoms with Crippen molar-refractivity contribution in [3.05, 3.63) is 76.9 Å². The molecular weight excluding hydrogens is 375 g/mol. The van der Waals surface area contributed by atoms with Crippen molar-refractivity contribution in [3.8, 4) is 0 Å². The number of halogens is 2. The van der Waals surface area contributed by atoms with E-state index in [0.717, 1.165) is 10.2 Å². The minimum atomic E-state index is -0.400. The number of carbonyl (C=O) groups is 1. The third kappa shape index (κ3) is 4.14. The zero-order valence-electron chi connectivity index (χ0n) is 12.3. The highest BCUT2D eigenvalue weighted by atomic mass is 79.9. The average molecular weight is 387 g/mol. The van der Waals surface area contributed by atoms with Crippen molar-refractivity contribution in [1.29, 1.82) is 0 Å². The molecule has 7 heteroatoms. The van der Waals surface area contributed by atoms with Gasteiger partial charge in [-0.1, -0.05) is 15.9 Å². The topological polar surface area (TPSA) is 66.9 Å². The number of amides is 1. The fourth-order valence-electron chi connectivity index (χ4n) is 1.96. The summed E-state index contributed by atoms with van der Waals surface area (Å²) in [6, 6.07) is 14.6. The second kappa shape index (κ2) is 7.18. The monoisotopic (exact) mass is 386 g/mol. The number of benzene rings is 2. The summed E-state index contributed by atoms with van der Waals surface area (Å²) in [7, 11) is 0. The van der Waals surface area contributed by atoms with Gasteiger partial charge in [-0.25, -0.2) is 14.4 Å². The lowest BCUT2D eigenvalue weighted by Gasteiger charge is -2.08. The first-order chi connectivity index (χ1) is 11.6. The van der Waals surface area contributed by atoms with Crippen molar-refractivity contribution in [1.82, 2.24) is 9.97 Å². The summed E-state index contributed by atoms with van der Waals surface area (Å²) in [5, 5.41) is 5.75. The molecule has 0 saturated heterocycles. The Morgan fingerprint density at radius 3 is 2.33 bits per heavy atom. The Labute approximate surface area is 146 Å². The molecule has 0 fully saturated rings.